The van der Waals surface area contributed by atoms with Crippen molar-refractivity contribution in [2.75, 3.05) is 18.4 Å². The number of benzene rings is 1. The summed E-state index contributed by atoms with van der Waals surface area (Å²) in [6, 6.07) is 10.5. The van der Waals surface area contributed by atoms with Crippen LogP contribution in [0.15, 0.2) is 42.6 Å². The molecule has 0 atom stereocenters. The first-order valence-corrected chi connectivity index (χ1v) is 6.95. The molecule has 21 heavy (non-hydrogen) atoms. The van der Waals surface area contributed by atoms with Crippen LogP contribution >= 0.6 is 0 Å². The summed E-state index contributed by atoms with van der Waals surface area (Å²) in [4.78, 5) is 16.1. The maximum Gasteiger partial charge on any atom is 0.252 e. The molecule has 0 bridgehead atoms. The lowest BCUT2D eigenvalue weighted by atomic mass is 10.1. The molecule has 3 N–H and O–H groups in total. The van der Waals surface area contributed by atoms with Crippen molar-refractivity contribution in [1.82, 2.24) is 10.3 Å². The van der Waals surface area contributed by atoms with Crippen LogP contribution in [0.1, 0.15) is 22.8 Å². The van der Waals surface area contributed by atoms with Crippen LogP contribution in [0.4, 0.5) is 5.82 Å². The number of hydrogen-bond donors (Lipinski definition) is 3. The highest BCUT2D eigenvalue weighted by Gasteiger charge is 2.05. The molecule has 1 aromatic carbocycles. The number of carbonyl (C=O) groups excluding carboxylic acids is 1. The summed E-state index contributed by atoms with van der Waals surface area (Å²) in [5.74, 6) is 0.872. The maximum atomic E-state index is 11.9. The number of aromatic hydroxyl groups is 1. The number of phenols is 1. The Morgan fingerprint density at radius 3 is 2.57 bits per heavy atom. The highest BCUT2D eigenvalue weighted by Crippen LogP contribution is 2.10. The number of nitrogens with zero attached hydrogens (tertiary/aromatic N) is 1. The minimum atomic E-state index is -0.135. The Morgan fingerprint density at radius 2 is 1.95 bits per heavy atom. The highest BCUT2D eigenvalue weighted by molar-refractivity contribution is 5.94. The lowest BCUT2D eigenvalue weighted by Crippen LogP contribution is -2.25. The van der Waals surface area contributed by atoms with Crippen LogP contribution in [0, 0.1) is 0 Å². The van der Waals surface area contributed by atoms with Gasteiger partial charge >= 0.3 is 0 Å². The van der Waals surface area contributed by atoms with Gasteiger partial charge < -0.3 is 15.7 Å². The zero-order valence-electron chi connectivity index (χ0n) is 12.0. The van der Waals surface area contributed by atoms with Crippen molar-refractivity contribution in [3.05, 3.63) is 53.7 Å². The smallest absolute Gasteiger partial charge is 0.252 e. The normalized spacial score (nSPS) is 10.1. The van der Waals surface area contributed by atoms with Gasteiger partial charge in [-0.25, -0.2) is 4.98 Å². The van der Waals surface area contributed by atoms with E-state index >= 15 is 0 Å². The molecule has 0 aliphatic rings. The quantitative estimate of drug-likeness (QED) is 0.760. The molecule has 0 aliphatic heterocycles. The molecule has 0 spiro atoms. The van der Waals surface area contributed by atoms with Crippen LogP contribution in [0.25, 0.3) is 0 Å². The first kappa shape index (κ1) is 14.8. The second-order valence-corrected chi connectivity index (χ2v) is 4.63. The number of amides is 1. The first-order chi connectivity index (χ1) is 10.2. The van der Waals surface area contributed by atoms with E-state index in [1.807, 2.05) is 19.1 Å². The van der Waals surface area contributed by atoms with Gasteiger partial charge in [0, 0.05) is 19.3 Å². The summed E-state index contributed by atoms with van der Waals surface area (Å²) in [6.07, 6.45) is 2.28. The van der Waals surface area contributed by atoms with Gasteiger partial charge in [0.1, 0.15) is 11.6 Å². The molecular weight excluding hydrogens is 266 g/mol. The molecule has 1 amide bonds. The number of anilines is 1. The zero-order chi connectivity index (χ0) is 15.1. The summed E-state index contributed by atoms with van der Waals surface area (Å²) in [6.45, 7) is 3.33. The third-order valence-electron chi connectivity index (χ3n) is 3.02. The zero-order valence-corrected chi connectivity index (χ0v) is 12.0. The number of pyridine rings is 1. The van der Waals surface area contributed by atoms with Crippen molar-refractivity contribution in [3.63, 3.8) is 0 Å². The molecule has 2 aromatic rings. The summed E-state index contributed by atoms with van der Waals surface area (Å²) in [5, 5.41) is 15.1. The van der Waals surface area contributed by atoms with Crippen LogP contribution in [-0.4, -0.2) is 29.1 Å². The fraction of sp³-hybridized carbons (Fsp3) is 0.250. The molecule has 1 aromatic heterocycles. The topological polar surface area (TPSA) is 74.2 Å². The predicted octanol–water partition coefficient (Wildman–Crippen LogP) is 2.19. The van der Waals surface area contributed by atoms with Crippen molar-refractivity contribution in [3.8, 4) is 5.75 Å². The van der Waals surface area contributed by atoms with E-state index in [1.165, 1.54) is 0 Å². The summed E-state index contributed by atoms with van der Waals surface area (Å²) in [5.41, 5.74) is 1.61. The van der Waals surface area contributed by atoms with Gasteiger partial charge in [-0.2, -0.15) is 0 Å². The summed E-state index contributed by atoms with van der Waals surface area (Å²) < 4.78 is 0. The number of rotatable bonds is 6. The molecule has 0 saturated carbocycles. The second kappa shape index (κ2) is 7.28. The van der Waals surface area contributed by atoms with E-state index in [0.29, 0.717) is 12.1 Å². The fourth-order valence-electron chi connectivity index (χ4n) is 1.90. The third kappa shape index (κ3) is 4.49. The second-order valence-electron chi connectivity index (χ2n) is 4.63. The van der Waals surface area contributed by atoms with Gasteiger partial charge in [-0.3, -0.25) is 4.79 Å². The van der Waals surface area contributed by atoms with Crippen LogP contribution < -0.4 is 10.6 Å². The minimum Gasteiger partial charge on any atom is -0.508 e. The van der Waals surface area contributed by atoms with Crippen molar-refractivity contribution in [2.24, 2.45) is 0 Å². The van der Waals surface area contributed by atoms with Crippen molar-refractivity contribution in [1.29, 1.82) is 0 Å². The molecule has 110 valence electrons. The van der Waals surface area contributed by atoms with E-state index in [0.717, 1.165) is 24.3 Å². The molecule has 0 fully saturated rings. The Morgan fingerprint density at radius 1 is 1.19 bits per heavy atom. The fourth-order valence-corrected chi connectivity index (χ4v) is 1.90. The van der Waals surface area contributed by atoms with Crippen molar-refractivity contribution in [2.45, 2.75) is 13.3 Å². The van der Waals surface area contributed by atoms with Crippen LogP contribution in [-0.2, 0) is 6.42 Å². The number of hydrogen-bond acceptors (Lipinski definition) is 4. The molecule has 2 rings (SSSR count). The van der Waals surface area contributed by atoms with Crippen LogP contribution in [0.5, 0.6) is 5.75 Å². The van der Waals surface area contributed by atoms with Crippen molar-refractivity contribution >= 4 is 11.7 Å². The van der Waals surface area contributed by atoms with E-state index in [2.05, 4.69) is 15.6 Å². The first-order valence-electron chi connectivity index (χ1n) is 6.95. The largest absolute Gasteiger partial charge is 0.508 e. The number of phenolic OH excluding ortho intramolecular Hbond substituents is 1. The highest BCUT2D eigenvalue weighted by atomic mass is 16.3. The molecule has 0 saturated heterocycles. The monoisotopic (exact) mass is 285 g/mol. The minimum absolute atomic E-state index is 0.135. The van der Waals surface area contributed by atoms with E-state index < -0.39 is 0 Å². The summed E-state index contributed by atoms with van der Waals surface area (Å²) in [7, 11) is 0. The SMILES string of the molecule is CCNc1ccc(C(=O)NCCc2ccc(O)cc2)cn1. The molecule has 0 unspecified atom stereocenters. The van der Waals surface area contributed by atoms with E-state index in [9.17, 15) is 9.90 Å². The van der Waals surface area contributed by atoms with Gasteiger partial charge in [0.05, 0.1) is 5.56 Å². The molecule has 5 heteroatoms. The summed E-state index contributed by atoms with van der Waals surface area (Å²) >= 11 is 0. The third-order valence-corrected chi connectivity index (χ3v) is 3.02. The lowest BCUT2D eigenvalue weighted by molar-refractivity contribution is 0.0954. The molecule has 0 aliphatic carbocycles. The number of nitrogens with one attached hydrogen (secondary N) is 2. The number of carbonyl (C=O) groups is 1. The van der Waals surface area contributed by atoms with Gasteiger partial charge in [0.25, 0.3) is 5.91 Å². The van der Waals surface area contributed by atoms with Crippen LogP contribution in [0.3, 0.4) is 0 Å². The van der Waals surface area contributed by atoms with Gasteiger partial charge in [0.15, 0.2) is 0 Å². The van der Waals surface area contributed by atoms with Gasteiger partial charge in [-0.05, 0) is 43.2 Å². The van der Waals surface area contributed by atoms with E-state index in [-0.39, 0.29) is 11.7 Å². The van der Waals surface area contributed by atoms with Crippen LogP contribution in [0.2, 0.25) is 0 Å². The van der Waals surface area contributed by atoms with Gasteiger partial charge in [0.2, 0.25) is 0 Å². The Kier molecular flexibility index (Phi) is 5.15. The molecular formula is C16H19N3O2. The van der Waals surface area contributed by atoms with E-state index in [1.54, 1.807) is 30.5 Å². The average molecular weight is 285 g/mol. The molecule has 1 heterocycles. The van der Waals surface area contributed by atoms with Gasteiger partial charge in [-0.1, -0.05) is 12.1 Å². The Bertz CT molecular complexity index is 579. The average Bonchev–Trinajstić information content (AvgIpc) is 2.50. The lowest BCUT2D eigenvalue weighted by Gasteiger charge is -2.06. The molecule has 5 nitrogen and oxygen atoms in total. The Labute approximate surface area is 124 Å². The Hall–Kier alpha value is -2.56. The molecule has 0 radical (unpaired) electrons. The van der Waals surface area contributed by atoms with Gasteiger partial charge in [-0.15, -0.1) is 0 Å². The number of aromatic nitrogens is 1. The van der Waals surface area contributed by atoms with E-state index in [4.69, 9.17) is 0 Å². The Balaban J connectivity index is 1.82. The maximum absolute atomic E-state index is 11.9. The predicted molar refractivity (Wildman–Crippen MR) is 82.5 cm³/mol. The van der Waals surface area contributed by atoms with Crippen molar-refractivity contribution < 1.29 is 9.90 Å². The standard InChI is InChI=1S/C16H19N3O2/c1-2-17-15-8-5-13(11-19-15)16(21)18-10-9-12-3-6-14(20)7-4-12/h3-8,11,20H,2,9-10H2,1H3,(H,17,19)(H,18,21).